The van der Waals surface area contributed by atoms with Crippen molar-refractivity contribution in [1.82, 2.24) is 15.6 Å². The third-order valence-corrected chi connectivity index (χ3v) is 3.51. The molecule has 0 aliphatic heterocycles. The standard InChI is InChI=1S/C14H17N3O2S/c18-13(12-4-7-20-10-12)9-17-14(19)16-6-3-11-2-1-5-15-8-11/h1-2,4-5,7-8,10,13,18H,3,6,9H2,(H2,16,17,19). The van der Waals surface area contributed by atoms with E-state index >= 15 is 0 Å². The smallest absolute Gasteiger partial charge is 0.314 e. The van der Waals surface area contributed by atoms with Gasteiger partial charge >= 0.3 is 6.03 Å². The molecule has 2 aromatic rings. The van der Waals surface area contributed by atoms with Crippen LogP contribution in [0.1, 0.15) is 17.2 Å². The molecule has 20 heavy (non-hydrogen) atoms. The summed E-state index contributed by atoms with van der Waals surface area (Å²) < 4.78 is 0. The van der Waals surface area contributed by atoms with Gasteiger partial charge in [0.05, 0.1) is 6.10 Å². The number of rotatable bonds is 6. The van der Waals surface area contributed by atoms with Crippen molar-refractivity contribution in [3.05, 3.63) is 52.5 Å². The highest BCUT2D eigenvalue weighted by atomic mass is 32.1. The molecule has 0 spiro atoms. The summed E-state index contributed by atoms with van der Waals surface area (Å²) in [5, 5.41) is 19.0. The monoisotopic (exact) mass is 291 g/mol. The number of carbonyl (C=O) groups is 1. The lowest BCUT2D eigenvalue weighted by atomic mass is 10.2. The van der Waals surface area contributed by atoms with Crippen molar-refractivity contribution < 1.29 is 9.90 Å². The number of hydrogen-bond donors (Lipinski definition) is 3. The van der Waals surface area contributed by atoms with Crippen molar-refractivity contribution in [1.29, 1.82) is 0 Å². The summed E-state index contributed by atoms with van der Waals surface area (Å²) >= 11 is 1.52. The van der Waals surface area contributed by atoms with Gasteiger partial charge < -0.3 is 15.7 Å². The minimum absolute atomic E-state index is 0.204. The maximum absolute atomic E-state index is 11.6. The zero-order chi connectivity index (χ0) is 14.2. The van der Waals surface area contributed by atoms with Crippen LogP contribution in [0.3, 0.4) is 0 Å². The first kappa shape index (κ1) is 14.5. The number of pyridine rings is 1. The first-order valence-electron chi connectivity index (χ1n) is 6.36. The summed E-state index contributed by atoms with van der Waals surface area (Å²) in [5.41, 5.74) is 1.90. The second-order valence-electron chi connectivity index (χ2n) is 4.32. The molecule has 6 heteroatoms. The molecule has 0 aromatic carbocycles. The molecule has 0 fully saturated rings. The third-order valence-electron chi connectivity index (χ3n) is 2.81. The molecule has 0 saturated heterocycles. The average molecular weight is 291 g/mol. The summed E-state index contributed by atoms with van der Waals surface area (Å²) in [6, 6.07) is 5.40. The number of hydrogen-bond acceptors (Lipinski definition) is 4. The molecule has 0 saturated carbocycles. The molecule has 0 radical (unpaired) electrons. The van der Waals surface area contributed by atoms with Gasteiger partial charge in [0.15, 0.2) is 0 Å². The largest absolute Gasteiger partial charge is 0.387 e. The highest BCUT2D eigenvalue weighted by Crippen LogP contribution is 2.14. The minimum atomic E-state index is -0.662. The fourth-order valence-corrected chi connectivity index (χ4v) is 2.41. The number of nitrogens with one attached hydrogen (secondary N) is 2. The zero-order valence-electron chi connectivity index (χ0n) is 11.0. The number of urea groups is 1. The summed E-state index contributed by atoms with van der Waals surface area (Å²) in [5.74, 6) is 0. The number of amides is 2. The van der Waals surface area contributed by atoms with Crippen molar-refractivity contribution in [2.24, 2.45) is 0 Å². The number of thiophene rings is 1. The van der Waals surface area contributed by atoms with Gasteiger partial charge in [-0.05, 0) is 40.4 Å². The van der Waals surface area contributed by atoms with Gasteiger partial charge in [-0.15, -0.1) is 0 Å². The number of aliphatic hydroxyl groups is 1. The number of carbonyl (C=O) groups excluding carboxylic acids is 1. The van der Waals surface area contributed by atoms with Crippen molar-refractivity contribution >= 4 is 17.4 Å². The maximum atomic E-state index is 11.6. The van der Waals surface area contributed by atoms with E-state index in [1.165, 1.54) is 11.3 Å². The van der Waals surface area contributed by atoms with Gasteiger partial charge in [0, 0.05) is 25.5 Å². The lowest BCUT2D eigenvalue weighted by Crippen LogP contribution is -2.38. The quantitative estimate of drug-likeness (QED) is 0.758. The van der Waals surface area contributed by atoms with Gasteiger partial charge in [0.25, 0.3) is 0 Å². The van der Waals surface area contributed by atoms with Crippen molar-refractivity contribution in [3.63, 3.8) is 0 Å². The van der Waals surface area contributed by atoms with Crippen LogP contribution in [0.25, 0.3) is 0 Å². The fraction of sp³-hybridized carbons (Fsp3) is 0.286. The van der Waals surface area contributed by atoms with Crippen LogP contribution in [0.15, 0.2) is 41.4 Å². The lowest BCUT2D eigenvalue weighted by Gasteiger charge is -2.11. The van der Waals surface area contributed by atoms with E-state index in [9.17, 15) is 9.90 Å². The maximum Gasteiger partial charge on any atom is 0.314 e. The normalized spacial score (nSPS) is 11.8. The van der Waals surface area contributed by atoms with Gasteiger partial charge in [-0.1, -0.05) is 6.07 Å². The Morgan fingerprint density at radius 3 is 3.00 bits per heavy atom. The van der Waals surface area contributed by atoms with Crippen LogP contribution in [0, 0.1) is 0 Å². The van der Waals surface area contributed by atoms with E-state index in [0.29, 0.717) is 6.54 Å². The molecular formula is C14H17N3O2S. The Hall–Kier alpha value is -1.92. The van der Waals surface area contributed by atoms with Gasteiger partial charge in [0.2, 0.25) is 0 Å². The summed E-state index contributed by atoms with van der Waals surface area (Å²) in [6.45, 7) is 0.738. The van der Waals surface area contributed by atoms with Crippen LogP contribution in [0.4, 0.5) is 4.79 Å². The molecule has 2 rings (SSSR count). The van der Waals surface area contributed by atoms with E-state index in [4.69, 9.17) is 0 Å². The Bertz CT molecular complexity index is 516. The van der Waals surface area contributed by atoms with E-state index in [1.807, 2.05) is 29.0 Å². The van der Waals surface area contributed by atoms with Crippen molar-refractivity contribution in [3.8, 4) is 0 Å². The molecule has 106 valence electrons. The van der Waals surface area contributed by atoms with Gasteiger partial charge in [-0.25, -0.2) is 4.79 Å². The average Bonchev–Trinajstić information content (AvgIpc) is 3.00. The lowest BCUT2D eigenvalue weighted by molar-refractivity contribution is 0.173. The van der Waals surface area contributed by atoms with Crippen LogP contribution in [-0.4, -0.2) is 29.2 Å². The molecule has 1 unspecified atom stereocenters. The van der Waals surface area contributed by atoms with E-state index in [2.05, 4.69) is 15.6 Å². The van der Waals surface area contributed by atoms with Crippen LogP contribution in [-0.2, 0) is 6.42 Å². The fourth-order valence-electron chi connectivity index (χ4n) is 1.70. The van der Waals surface area contributed by atoms with Gasteiger partial charge in [-0.2, -0.15) is 11.3 Å². The SMILES string of the molecule is O=C(NCCc1cccnc1)NCC(O)c1ccsc1. The van der Waals surface area contributed by atoms with E-state index in [-0.39, 0.29) is 12.6 Å². The molecule has 5 nitrogen and oxygen atoms in total. The predicted octanol–water partition coefficient (Wildman–Crippen LogP) is 1.72. The van der Waals surface area contributed by atoms with Gasteiger partial charge in [0.1, 0.15) is 0 Å². The van der Waals surface area contributed by atoms with Crippen LogP contribution in [0.5, 0.6) is 0 Å². The first-order valence-corrected chi connectivity index (χ1v) is 7.31. The second kappa shape index (κ2) is 7.62. The summed E-state index contributed by atoms with van der Waals surface area (Å²) in [6.07, 6.45) is 3.56. The molecule has 0 bridgehead atoms. The predicted molar refractivity (Wildman–Crippen MR) is 78.6 cm³/mol. The van der Waals surface area contributed by atoms with Crippen LogP contribution in [0.2, 0.25) is 0 Å². The first-order chi connectivity index (χ1) is 9.75. The Labute approximate surface area is 121 Å². The molecule has 0 aliphatic carbocycles. The topological polar surface area (TPSA) is 74.2 Å². The Balaban J connectivity index is 1.63. The summed E-state index contributed by atoms with van der Waals surface area (Å²) in [4.78, 5) is 15.6. The van der Waals surface area contributed by atoms with Crippen molar-refractivity contribution in [2.75, 3.05) is 13.1 Å². The molecule has 2 amide bonds. The minimum Gasteiger partial charge on any atom is -0.387 e. The number of nitrogens with zero attached hydrogens (tertiary/aromatic N) is 1. The molecule has 2 heterocycles. The summed E-state index contributed by atoms with van der Waals surface area (Å²) in [7, 11) is 0. The number of aromatic nitrogens is 1. The molecule has 3 N–H and O–H groups in total. The number of aliphatic hydroxyl groups excluding tert-OH is 1. The second-order valence-corrected chi connectivity index (χ2v) is 5.10. The highest BCUT2D eigenvalue weighted by Gasteiger charge is 2.09. The molecular weight excluding hydrogens is 274 g/mol. The molecule has 1 atom stereocenters. The third kappa shape index (κ3) is 4.64. The Morgan fingerprint density at radius 2 is 2.30 bits per heavy atom. The van der Waals surface area contributed by atoms with Crippen LogP contribution < -0.4 is 10.6 Å². The molecule has 2 aromatic heterocycles. The zero-order valence-corrected chi connectivity index (χ0v) is 11.8. The van der Waals surface area contributed by atoms with E-state index < -0.39 is 6.10 Å². The van der Waals surface area contributed by atoms with E-state index in [0.717, 1.165) is 17.5 Å². The van der Waals surface area contributed by atoms with Crippen LogP contribution >= 0.6 is 11.3 Å². The van der Waals surface area contributed by atoms with Crippen molar-refractivity contribution in [2.45, 2.75) is 12.5 Å². The highest BCUT2D eigenvalue weighted by molar-refractivity contribution is 7.07. The van der Waals surface area contributed by atoms with Gasteiger partial charge in [-0.3, -0.25) is 4.98 Å². The Kier molecular flexibility index (Phi) is 5.52. The Morgan fingerprint density at radius 1 is 1.40 bits per heavy atom. The molecule has 0 aliphatic rings. The van der Waals surface area contributed by atoms with E-state index in [1.54, 1.807) is 12.4 Å².